The van der Waals surface area contributed by atoms with E-state index in [-0.39, 0.29) is 47.1 Å². The summed E-state index contributed by atoms with van der Waals surface area (Å²) >= 11 is 8.70. The molecule has 1 fully saturated rings. The van der Waals surface area contributed by atoms with Crippen LogP contribution < -0.4 is 5.32 Å². The molecule has 1 aromatic heterocycles. The molecule has 1 N–H and O–H groups in total. The summed E-state index contributed by atoms with van der Waals surface area (Å²) in [6.07, 6.45) is 0.0856. The van der Waals surface area contributed by atoms with Gasteiger partial charge >= 0.3 is 5.97 Å². The Labute approximate surface area is 199 Å². The van der Waals surface area contributed by atoms with E-state index in [2.05, 4.69) is 10.3 Å². The van der Waals surface area contributed by atoms with Gasteiger partial charge in [-0.05, 0) is 25.1 Å². The molecule has 1 aromatic carbocycles. The fourth-order valence-electron chi connectivity index (χ4n) is 2.82. The summed E-state index contributed by atoms with van der Waals surface area (Å²) in [5.74, 6) is -0.604. The number of anilines is 1. The van der Waals surface area contributed by atoms with Crippen molar-refractivity contribution in [3.63, 3.8) is 0 Å². The molecule has 9 nitrogen and oxygen atoms in total. The van der Waals surface area contributed by atoms with Crippen molar-refractivity contribution in [1.82, 2.24) is 9.29 Å². The van der Waals surface area contributed by atoms with Crippen LogP contribution in [0.1, 0.15) is 12.6 Å². The van der Waals surface area contributed by atoms with Crippen LogP contribution in [0, 0.1) is 0 Å². The van der Waals surface area contributed by atoms with Gasteiger partial charge in [-0.25, -0.2) is 13.4 Å². The number of nitrogens with zero attached hydrogens (tertiary/aromatic N) is 2. The Morgan fingerprint density at radius 1 is 1.34 bits per heavy atom. The minimum atomic E-state index is -3.80. The maximum Gasteiger partial charge on any atom is 0.311 e. The molecule has 0 bridgehead atoms. The number of thiazole rings is 1. The van der Waals surface area contributed by atoms with Crippen LogP contribution in [0.25, 0.3) is 0 Å². The topological polar surface area (TPSA) is 115 Å². The number of hydrogen-bond acceptors (Lipinski definition) is 9. The quantitative estimate of drug-likeness (QED) is 0.397. The molecule has 0 unspecified atom stereocenters. The molecule has 1 aliphatic rings. The molecule has 0 radical (unpaired) electrons. The highest BCUT2D eigenvalue weighted by Crippen LogP contribution is 2.29. The van der Waals surface area contributed by atoms with Crippen molar-refractivity contribution >= 4 is 62.3 Å². The van der Waals surface area contributed by atoms with Crippen molar-refractivity contribution in [1.29, 1.82) is 0 Å². The predicted molar refractivity (Wildman–Crippen MR) is 123 cm³/mol. The largest absolute Gasteiger partial charge is 0.466 e. The van der Waals surface area contributed by atoms with Crippen molar-refractivity contribution in [2.24, 2.45) is 0 Å². The first-order valence-electron chi connectivity index (χ1n) is 9.69. The van der Waals surface area contributed by atoms with Gasteiger partial charge in [-0.2, -0.15) is 4.31 Å². The third-order valence-corrected chi connectivity index (χ3v) is 8.74. The minimum absolute atomic E-state index is 0.0601. The van der Waals surface area contributed by atoms with Gasteiger partial charge in [-0.15, -0.1) is 11.3 Å². The van der Waals surface area contributed by atoms with Crippen LogP contribution in [0.5, 0.6) is 0 Å². The highest BCUT2D eigenvalue weighted by atomic mass is 35.5. The number of esters is 1. The Morgan fingerprint density at radius 3 is 2.81 bits per heavy atom. The number of nitrogens with one attached hydrogen (secondary N) is 1. The number of amides is 1. The molecule has 0 spiro atoms. The zero-order chi connectivity index (χ0) is 23.1. The smallest absolute Gasteiger partial charge is 0.311 e. The molecule has 3 rings (SSSR count). The molecule has 32 heavy (non-hydrogen) atoms. The third-order valence-electron chi connectivity index (χ3n) is 4.29. The van der Waals surface area contributed by atoms with Crippen molar-refractivity contribution in [3.8, 4) is 0 Å². The van der Waals surface area contributed by atoms with E-state index in [4.69, 9.17) is 21.1 Å². The maximum atomic E-state index is 12.9. The van der Waals surface area contributed by atoms with Crippen LogP contribution in [0.2, 0.25) is 5.02 Å². The van der Waals surface area contributed by atoms with Gasteiger partial charge in [0.2, 0.25) is 15.9 Å². The van der Waals surface area contributed by atoms with Crippen molar-refractivity contribution in [2.75, 3.05) is 44.0 Å². The number of rotatable bonds is 9. The summed E-state index contributed by atoms with van der Waals surface area (Å²) in [4.78, 5) is 28.1. The normalized spacial score (nSPS) is 14.8. The summed E-state index contributed by atoms with van der Waals surface area (Å²) in [5, 5.41) is 4.52. The van der Waals surface area contributed by atoms with E-state index < -0.39 is 10.0 Å². The second kappa shape index (κ2) is 11.4. The lowest BCUT2D eigenvalue weighted by atomic mass is 10.3. The summed E-state index contributed by atoms with van der Waals surface area (Å²) in [6.45, 7) is 3.19. The Hall–Kier alpha value is -1.70. The molecule has 2 heterocycles. The first-order valence-corrected chi connectivity index (χ1v) is 13.4. The number of hydrogen-bond donors (Lipinski definition) is 1. The van der Waals surface area contributed by atoms with Crippen LogP contribution in [0.4, 0.5) is 5.69 Å². The number of aromatic nitrogens is 1. The second-order valence-corrected chi connectivity index (χ2v) is 11.0. The average molecular weight is 520 g/mol. The standard InChI is InChI=1S/C19H22ClN3O6S3/c1-2-29-18(25)10-14-11-30-19(22-14)31-12-17(24)21-13-3-4-15(20)16(9-13)32(26,27)23-5-7-28-8-6-23/h3-4,9,11H,2,5-8,10,12H2,1H3,(H,21,24). The van der Waals surface area contributed by atoms with E-state index in [0.717, 1.165) is 0 Å². The van der Waals surface area contributed by atoms with E-state index in [9.17, 15) is 18.0 Å². The fraction of sp³-hybridized carbons (Fsp3) is 0.421. The molecule has 13 heteroatoms. The first kappa shape index (κ1) is 24.9. The van der Waals surface area contributed by atoms with Crippen LogP contribution in [-0.4, -0.2) is 68.2 Å². The molecule has 174 valence electrons. The van der Waals surface area contributed by atoms with Crippen LogP contribution in [0.15, 0.2) is 32.8 Å². The lowest BCUT2D eigenvalue weighted by Gasteiger charge is -2.26. The monoisotopic (exact) mass is 519 g/mol. The summed E-state index contributed by atoms with van der Waals surface area (Å²) in [7, 11) is -3.80. The SMILES string of the molecule is CCOC(=O)Cc1csc(SCC(=O)Nc2ccc(Cl)c(S(=O)(=O)N3CCOCC3)c2)n1. The van der Waals surface area contributed by atoms with E-state index >= 15 is 0 Å². The lowest BCUT2D eigenvalue weighted by molar-refractivity contribution is -0.142. The summed E-state index contributed by atoms with van der Waals surface area (Å²) < 4.78 is 37.9. The molecule has 1 amide bonds. The lowest BCUT2D eigenvalue weighted by Crippen LogP contribution is -2.40. The minimum Gasteiger partial charge on any atom is -0.466 e. The molecule has 1 saturated heterocycles. The van der Waals surface area contributed by atoms with Crippen molar-refractivity contribution in [2.45, 2.75) is 22.6 Å². The Bertz CT molecular complexity index is 1070. The van der Waals surface area contributed by atoms with E-state index in [1.807, 2.05) is 0 Å². The summed E-state index contributed by atoms with van der Waals surface area (Å²) in [6, 6.07) is 4.35. The molecule has 2 aromatic rings. The summed E-state index contributed by atoms with van der Waals surface area (Å²) in [5.41, 5.74) is 0.918. The Kier molecular flexibility index (Phi) is 8.91. The Balaban J connectivity index is 1.59. The molecular formula is C19H22ClN3O6S3. The van der Waals surface area contributed by atoms with Gasteiger partial charge in [0.25, 0.3) is 0 Å². The number of benzene rings is 1. The van der Waals surface area contributed by atoms with Gasteiger partial charge in [-0.3, -0.25) is 9.59 Å². The molecular weight excluding hydrogens is 498 g/mol. The van der Waals surface area contributed by atoms with Crippen molar-refractivity contribution in [3.05, 3.63) is 34.3 Å². The highest BCUT2D eigenvalue weighted by Gasteiger charge is 2.28. The van der Waals surface area contributed by atoms with Gasteiger partial charge in [0.1, 0.15) is 4.90 Å². The number of thioether (sulfide) groups is 1. The van der Waals surface area contributed by atoms with Gasteiger partial charge in [0, 0.05) is 24.2 Å². The molecule has 0 aliphatic carbocycles. The number of morpholine rings is 1. The average Bonchev–Trinajstić information content (AvgIpc) is 3.21. The maximum absolute atomic E-state index is 12.9. The zero-order valence-electron chi connectivity index (χ0n) is 17.2. The number of ether oxygens (including phenoxy) is 2. The van der Waals surface area contributed by atoms with Crippen molar-refractivity contribution < 1.29 is 27.5 Å². The number of carbonyl (C=O) groups excluding carboxylic acids is 2. The number of carbonyl (C=O) groups is 2. The van der Waals surface area contributed by atoms with E-state index in [0.29, 0.717) is 35.5 Å². The zero-order valence-corrected chi connectivity index (χ0v) is 20.4. The van der Waals surface area contributed by atoms with Crippen LogP contribution in [0.3, 0.4) is 0 Å². The number of halogens is 1. The number of sulfonamides is 1. The first-order chi connectivity index (χ1) is 15.3. The highest BCUT2D eigenvalue weighted by molar-refractivity contribution is 8.01. The molecule has 0 saturated carbocycles. The fourth-order valence-corrected chi connectivity index (χ4v) is 6.38. The van der Waals surface area contributed by atoms with Crippen LogP contribution in [-0.2, 0) is 35.5 Å². The third kappa shape index (κ3) is 6.65. The van der Waals surface area contributed by atoms with E-state index in [1.54, 1.807) is 18.4 Å². The molecule has 0 atom stereocenters. The van der Waals surface area contributed by atoms with Gasteiger partial charge < -0.3 is 14.8 Å². The van der Waals surface area contributed by atoms with Gasteiger partial charge in [0.05, 0.1) is 42.7 Å². The van der Waals surface area contributed by atoms with Gasteiger partial charge in [0.15, 0.2) is 4.34 Å². The van der Waals surface area contributed by atoms with Gasteiger partial charge in [-0.1, -0.05) is 23.4 Å². The predicted octanol–water partition coefficient (Wildman–Crippen LogP) is 2.65. The molecule has 1 aliphatic heterocycles. The Morgan fingerprint density at radius 2 is 2.09 bits per heavy atom. The second-order valence-electron chi connectivity index (χ2n) is 6.59. The van der Waals surface area contributed by atoms with E-state index in [1.165, 1.54) is 39.5 Å². The van der Waals surface area contributed by atoms with Crippen LogP contribution >= 0.6 is 34.7 Å².